The normalized spacial score (nSPS) is 11.8. The van der Waals surface area contributed by atoms with Crippen LogP contribution in [0, 0.1) is 6.92 Å². The zero-order valence-corrected chi connectivity index (χ0v) is 23.6. The van der Waals surface area contributed by atoms with E-state index < -0.39 is 0 Å². The summed E-state index contributed by atoms with van der Waals surface area (Å²) in [4.78, 5) is 14.5. The van der Waals surface area contributed by atoms with Gasteiger partial charge < -0.3 is 8.83 Å². The quantitative estimate of drug-likeness (QED) is 0.316. The minimum Gasteiger partial charge on any atom is -0.456 e. The van der Waals surface area contributed by atoms with Crippen molar-refractivity contribution in [2.24, 2.45) is 0 Å². The molecular formula is C34H16B5N3O2. The van der Waals surface area contributed by atoms with Crippen molar-refractivity contribution in [1.82, 2.24) is 15.0 Å². The van der Waals surface area contributed by atoms with Gasteiger partial charge in [0.15, 0.2) is 17.5 Å². The highest BCUT2D eigenvalue weighted by Gasteiger charge is 2.19. The van der Waals surface area contributed by atoms with Crippen molar-refractivity contribution in [2.45, 2.75) is 6.92 Å². The molecule has 8 rings (SSSR count). The maximum absolute atomic E-state index is 6.44. The van der Waals surface area contributed by atoms with Gasteiger partial charge in [-0.3, -0.25) is 0 Å². The van der Waals surface area contributed by atoms with Crippen molar-refractivity contribution in [2.75, 3.05) is 0 Å². The summed E-state index contributed by atoms with van der Waals surface area (Å²) in [6.45, 7) is 2.03. The molecule has 0 amide bonds. The standard InChI is InChI=1S/C34H16B5N3O2/c1-15-6-9-19-21-11-8-17(14-25(21)44-23(19)12-15)33-40-32(16-7-10-20-18-4-2-3-5-22(18)43-24(20)13-16)41-34(42-33)26-27(35)29(37)31(39)30(38)28(26)36/h2-14H,1H3. The highest BCUT2D eigenvalue weighted by atomic mass is 16.3. The maximum atomic E-state index is 6.44. The number of hydrogen-bond donors (Lipinski definition) is 0. The van der Waals surface area contributed by atoms with Gasteiger partial charge in [-0.05, 0) is 48.9 Å². The van der Waals surface area contributed by atoms with Gasteiger partial charge >= 0.3 is 0 Å². The Morgan fingerprint density at radius 2 is 0.909 bits per heavy atom. The maximum Gasteiger partial charge on any atom is 0.164 e. The van der Waals surface area contributed by atoms with Gasteiger partial charge in [0.05, 0.1) is 0 Å². The molecule has 10 radical (unpaired) electrons. The summed E-state index contributed by atoms with van der Waals surface area (Å²) in [7, 11) is 31.4. The largest absolute Gasteiger partial charge is 0.456 e. The Balaban J connectivity index is 1.37. The number of fused-ring (bicyclic) bond motifs is 6. The average molecular weight is 553 g/mol. The van der Waals surface area contributed by atoms with Crippen LogP contribution in [0.25, 0.3) is 78.0 Å². The molecule has 0 aliphatic carbocycles. The second-order valence-electron chi connectivity index (χ2n) is 10.9. The Labute approximate surface area is 259 Å². The first kappa shape index (κ1) is 26.6. The van der Waals surface area contributed by atoms with Crippen LogP contribution in [-0.4, -0.2) is 54.2 Å². The van der Waals surface area contributed by atoms with E-state index in [-0.39, 0.29) is 38.7 Å². The van der Waals surface area contributed by atoms with Gasteiger partial charge in [-0.25, -0.2) is 15.0 Å². The highest BCUT2D eigenvalue weighted by molar-refractivity contribution is 6.68. The molecule has 8 aromatic rings. The third-order valence-corrected chi connectivity index (χ3v) is 8.08. The summed E-state index contributed by atoms with van der Waals surface area (Å²) in [5, 5.41) is 4.02. The molecule has 10 heteroatoms. The zero-order valence-electron chi connectivity index (χ0n) is 23.6. The van der Waals surface area contributed by atoms with Crippen LogP contribution < -0.4 is 27.3 Å². The smallest absolute Gasteiger partial charge is 0.164 e. The molecule has 3 aromatic heterocycles. The molecular weight excluding hydrogens is 536 g/mol. The highest BCUT2D eigenvalue weighted by Crippen LogP contribution is 2.34. The Morgan fingerprint density at radius 3 is 1.52 bits per heavy atom. The van der Waals surface area contributed by atoms with Gasteiger partial charge in [0.2, 0.25) is 0 Å². The summed E-state index contributed by atoms with van der Waals surface area (Å²) in [6, 6.07) is 25.7. The minimum absolute atomic E-state index is 0.109. The van der Waals surface area contributed by atoms with Crippen LogP contribution >= 0.6 is 0 Å². The zero-order chi connectivity index (χ0) is 30.3. The second-order valence-corrected chi connectivity index (χ2v) is 10.9. The van der Waals surface area contributed by atoms with E-state index in [1.807, 2.05) is 73.7 Å². The Morgan fingerprint density at radius 1 is 0.455 bits per heavy atom. The van der Waals surface area contributed by atoms with E-state index in [0.717, 1.165) is 38.3 Å². The van der Waals surface area contributed by atoms with Crippen molar-refractivity contribution in [1.29, 1.82) is 0 Å². The summed E-state index contributed by atoms with van der Waals surface area (Å²) >= 11 is 0. The van der Waals surface area contributed by atoms with E-state index in [1.165, 1.54) is 0 Å². The van der Waals surface area contributed by atoms with E-state index in [4.69, 9.17) is 63.0 Å². The number of aryl methyl sites for hydroxylation is 1. The molecule has 0 atom stereocenters. The lowest BCUT2D eigenvalue weighted by molar-refractivity contribution is 0.668. The van der Waals surface area contributed by atoms with Gasteiger partial charge in [-0.15, -0.1) is 16.4 Å². The fraction of sp³-hybridized carbons (Fsp3) is 0.0294. The monoisotopic (exact) mass is 553 g/mol. The molecule has 44 heavy (non-hydrogen) atoms. The molecule has 0 N–H and O–H groups in total. The molecule has 0 unspecified atom stereocenters. The SMILES string of the molecule is [B]c1c([B])c([B])c(-c2nc(-c3ccc4c(c3)oc3ccccc34)nc(-c3ccc4c(c3)oc3cc(C)ccc34)n2)c([B])c1[B]. The van der Waals surface area contributed by atoms with Crippen molar-refractivity contribution >= 4 is 110 Å². The lowest BCUT2D eigenvalue weighted by atomic mass is 9.60. The molecule has 0 aliphatic heterocycles. The molecule has 0 bridgehead atoms. The Hall–Kier alpha value is -4.97. The number of para-hydroxylation sites is 1. The van der Waals surface area contributed by atoms with Crippen LogP contribution in [0.3, 0.4) is 0 Å². The minimum atomic E-state index is 0.109. The molecule has 0 saturated heterocycles. The van der Waals surface area contributed by atoms with Crippen LogP contribution in [0.2, 0.25) is 0 Å². The number of furan rings is 2. The summed E-state index contributed by atoms with van der Waals surface area (Å²) < 4.78 is 12.4. The van der Waals surface area contributed by atoms with Crippen LogP contribution in [0.4, 0.5) is 0 Å². The first-order valence-corrected chi connectivity index (χ1v) is 13.9. The summed E-state index contributed by atoms with van der Waals surface area (Å²) in [5.74, 6) is 0.949. The fourth-order valence-electron chi connectivity index (χ4n) is 5.72. The van der Waals surface area contributed by atoms with E-state index in [9.17, 15) is 0 Å². The fourth-order valence-corrected chi connectivity index (χ4v) is 5.72. The van der Waals surface area contributed by atoms with E-state index in [2.05, 4.69) is 12.1 Å². The summed E-state index contributed by atoms with van der Waals surface area (Å²) in [5.41, 5.74) is 6.40. The van der Waals surface area contributed by atoms with Gasteiger partial charge in [-0.2, -0.15) is 0 Å². The second kappa shape index (κ2) is 9.78. The predicted octanol–water partition coefficient (Wildman–Crippen LogP) is 2.95. The van der Waals surface area contributed by atoms with Crippen LogP contribution in [-0.2, 0) is 0 Å². The van der Waals surface area contributed by atoms with E-state index >= 15 is 0 Å². The summed E-state index contributed by atoms with van der Waals surface area (Å²) in [6.07, 6.45) is 0. The lowest BCUT2D eigenvalue weighted by Gasteiger charge is -2.20. The first-order chi connectivity index (χ1) is 21.3. The van der Waals surface area contributed by atoms with E-state index in [1.54, 1.807) is 0 Å². The third kappa shape index (κ3) is 4.05. The van der Waals surface area contributed by atoms with E-state index in [0.29, 0.717) is 33.9 Å². The number of benzene rings is 5. The Kier molecular flexibility index (Phi) is 5.92. The van der Waals surface area contributed by atoms with Crippen LogP contribution in [0.5, 0.6) is 0 Å². The number of nitrogens with zero attached hydrogens (tertiary/aromatic N) is 3. The lowest BCUT2D eigenvalue weighted by Crippen LogP contribution is -2.55. The van der Waals surface area contributed by atoms with Crippen LogP contribution in [0.1, 0.15) is 5.56 Å². The number of hydrogen-bond acceptors (Lipinski definition) is 5. The van der Waals surface area contributed by atoms with Gasteiger partial charge in [0.1, 0.15) is 61.6 Å². The molecule has 5 aromatic carbocycles. The topological polar surface area (TPSA) is 65.0 Å². The van der Waals surface area contributed by atoms with Crippen LogP contribution in [0.15, 0.2) is 87.7 Å². The third-order valence-electron chi connectivity index (χ3n) is 8.08. The molecule has 5 nitrogen and oxygen atoms in total. The molecule has 3 heterocycles. The molecule has 0 saturated carbocycles. The first-order valence-electron chi connectivity index (χ1n) is 13.9. The van der Waals surface area contributed by atoms with Gasteiger partial charge in [0, 0.05) is 38.2 Å². The van der Waals surface area contributed by atoms with Gasteiger partial charge in [-0.1, -0.05) is 53.4 Å². The average Bonchev–Trinajstić information content (AvgIpc) is 3.59. The molecule has 194 valence electrons. The van der Waals surface area contributed by atoms with Crippen molar-refractivity contribution in [3.05, 3.63) is 84.4 Å². The van der Waals surface area contributed by atoms with Crippen molar-refractivity contribution in [3.8, 4) is 34.2 Å². The Bertz CT molecular complexity index is 2460. The predicted molar refractivity (Wildman–Crippen MR) is 182 cm³/mol. The van der Waals surface area contributed by atoms with Crippen molar-refractivity contribution < 1.29 is 8.83 Å². The number of rotatable bonds is 3. The molecule has 0 fully saturated rings. The molecule has 0 aliphatic rings. The number of aromatic nitrogens is 3. The molecule has 0 spiro atoms. The van der Waals surface area contributed by atoms with Crippen molar-refractivity contribution in [3.63, 3.8) is 0 Å². The van der Waals surface area contributed by atoms with Gasteiger partial charge in [0.25, 0.3) is 0 Å².